The number of fused-ring (bicyclic) bond motifs is 3. The van der Waals surface area contributed by atoms with E-state index in [2.05, 4.69) is 20.8 Å². The number of amides is 2. The molecule has 6 nitrogen and oxygen atoms in total. The van der Waals surface area contributed by atoms with E-state index in [9.17, 15) is 9.90 Å². The Bertz CT molecular complexity index is 1140. The van der Waals surface area contributed by atoms with E-state index in [0.717, 1.165) is 21.0 Å². The molecule has 0 aliphatic carbocycles. The number of benzene rings is 3. The van der Waals surface area contributed by atoms with Crippen LogP contribution < -0.4 is 10.7 Å². The molecule has 4 rings (SSSR count). The minimum Gasteiger partial charge on any atom is -0.507 e. The van der Waals surface area contributed by atoms with Crippen molar-refractivity contribution in [3.05, 3.63) is 66.2 Å². The third kappa shape index (κ3) is 3.20. The number of aromatic hydroxyl groups is 1. The zero-order valence-corrected chi connectivity index (χ0v) is 14.3. The molecule has 0 saturated carbocycles. The van der Waals surface area contributed by atoms with E-state index in [-0.39, 0.29) is 5.75 Å². The predicted octanol–water partition coefficient (Wildman–Crippen LogP) is 4.31. The van der Waals surface area contributed by atoms with Crippen molar-refractivity contribution in [2.24, 2.45) is 5.10 Å². The molecule has 1 heterocycles. The third-order valence-electron chi connectivity index (χ3n) is 3.81. The molecule has 0 saturated heterocycles. The molecular formula is C19H14N4O2S. The van der Waals surface area contributed by atoms with Crippen molar-refractivity contribution in [3.63, 3.8) is 0 Å². The molecule has 7 heteroatoms. The number of anilines is 1. The number of nitrogens with one attached hydrogen (secondary N) is 2. The van der Waals surface area contributed by atoms with Gasteiger partial charge in [-0.05, 0) is 23.6 Å². The number of phenolic OH excluding ortho intramolecular Hbond substituents is 1. The Balaban J connectivity index is 1.49. The molecule has 0 aliphatic heterocycles. The van der Waals surface area contributed by atoms with Gasteiger partial charge < -0.3 is 5.11 Å². The number of rotatable bonds is 3. The van der Waals surface area contributed by atoms with Crippen molar-refractivity contribution in [1.29, 1.82) is 0 Å². The Labute approximate surface area is 152 Å². The molecule has 3 N–H and O–H groups in total. The molecule has 26 heavy (non-hydrogen) atoms. The maximum atomic E-state index is 12.0. The van der Waals surface area contributed by atoms with Crippen LogP contribution in [-0.4, -0.2) is 22.3 Å². The molecule has 1 aromatic heterocycles. The number of carbonyl (C=O) groups excluding carboxylic acids is 1. The van der Waals surface area contributed by atoms with Crippen molar-refractivity contribution in [3.8, 4) is 5.75 Å². The number of phenols is 1. The van der Waals surface area contributed by atoms with E-state index in [4.69, 9.17) is 0 Å². The summed E-state index contributed by atoms with van der Waals surface area (Å²) in [5.74, 6) is 0.0940. The van der Waals surface area contributed by atoms with Crippen LogP contribution in [0.3, 0.4) is 0 Å². The lowest BCUT2D eigenvalue weighted by Crippen LogP contribution is -2.24. The molecule has 0 unspecified atom stereocenters. The Morgan fingerprint density at radius 2 is 1.88 bits per heavy atom. The number of nitrogens with zero attached hydrogens (tertiary/aromatic N) is 2. The number of para-hydroxylation sites is 1. The highest BCUT2D eigenvalue weighted by molar-refractivity contribution is 7.22. The SMILES string of the molecule is O=C(N/N=C/c1ccccc1O)Nc1nc2c(ccc3ccccc32)s1. The van der Waals surface area contributed by atoms with Gasteiger partial charge in [-0.3, -0.25) is 5.32 Å². The zero-order valence-electron chi connectivity index (χ0n) is 13.5. The number of thiazole rings is 1. The van der Waals surface area contributed by atoms with E-state index in [0.29, 0.717) is 10.7 Å². The fourth-order valence-electron chi connectivity index (χ4n) is 2.60. The van der Waals surface area contributed by atoms with Gasteiger partial charge in [-0.1, -0.05) is 53.8 Å². The van der Waals surface area contributed by atoms with Gasteiger partial charge in [0, 0.05) is 10.9 Å². The van der Waals surface area contributed by atoms with Gasteiger partial charge in [0.15, 0.2) is 5.13 Å². The first-order valence-corrected chi connectivity index (χ1v) is 8.69. The molecule has 4 aromatic rings. The maximum Gasteiger partial charge on any atom is 0.341 e. The predicted molar refractivity (Wildman–Crippen MR) is 105 cm³/mol. The summed E-state index contributed by atoms with van der Waals surface area (Å²) in [7, 11) is 0. The summed E-state index contributed by atoms with van der Waals surface area (Å²) in [5, 5.41) is 18.8. The number of urea groups is 1. The normalized spacial score (nSPS) is 11.2. The summed E-state index contributed by atoms with van der Waals surface area (Å²) >= 11 is 1.40. The first kappa shape index (κ1) is 16.0. The molecular weight excluding hydrogens is 348 g/mol. The molecule has 0 fully saturated rings. The Morgan fingerprint density at radius 1 is 1.08 bits per heavy atom. The molecule has 3 aromatic carbocycles. The largest absolute Gasteiger partial charge is 0.507 e. The van der Waals surface area contributed by atoms with Crippen LogP contribution >= 0.6 is 11.3 Å². The smallest absolute Gasteiger partial charge is 0.341 e. The minimum atomic E-state index is -0.500. The lowest BCUT2D eigenvalue weighted by molar-refractivity contribution is 0.252. The van der Waals surface area contributed by atoms with Crippen molar-refractivity contribution in [2.45, 2.75) is 0 Å². The second-order valence-corrected chi connectivity index (χ2v) is 6.57. The van der Waals surface area contributed by atoms with Crippen LogP contribution in [0.25, 0.3) is 21.0 Å². The fourth-order valence-corrected chi connectivity index (χ4v) is 3.47. The number of hydrazone groups is 1. The molecule has 0 atom stereocenters. The van der Waals surface area contributed by atoms with Gasteiger partial charge in [0.1, 0.15) is 5.75 Å². The second-order valence-electron chi connectivity index (χ2n) is 5.54. The van der Waals surface area contributed by atoms with Gasteiger partial charge in [0.25, 0.3) is 0 Å². The summed E-state index contributed by atoms with van der Waals surface area (Å²) in [6.45, 7) is 0. The maximum absolute atomic E-state index is 12.0. The van der Waals surface area contributed by atoms with Crippen LogP contribution in [0.1, 0.15) is 5.56 Å². The molecule has 0 bridgehead atoms. The zero-order chi connectivity index (χ0) is 17.9. The van der Waals surface area contributed by atoms with Gasteiger partial charge in [-0.25, -0.2) is 15.2 Å². The molecule has 0 aliphatic rings. The number of hydrogen-bond acceptors (Lipinski definition) is 5. The van der Waals surface area contributed by atoms with Gasteiger partial charge in [-0.2, -0.15) is 5.10 Å². The van der Waals surface area contributed by atoms with E-state index < -0.39 is 6.03 Å². The summed E-state index contributed by atoms with van der Waals surface area (Å²) in [6, 6.07) is 18.2. The summed E-state index contributed by atoms with van der Waals surface area (Å²) in [6.07, 6.45) is 1.38. The van der Waals surface area contributed by atoms with Crippen molar-refractivity contribution < 1.29 is 9.90 Å². The lowest BCUT2D eigenvalue weighted by atomic mass is 10.1. The lowest BCUT2D eigenvalue weighted by Gasteiger charge is -2.00. The van der Waals surface area contributed by atoms with Crippen molar-refractivity contribution in [1.82, 2.24) is 10.4 Å². The quantitative estimate of drug-likeness (QED) is 0.375. The summed E-state index contributed by atoms with van der Waals surface area (Å²) < 4.78 is 0.997. The van der Waals surface area contributed by atoms with Crippen LogP contribution in [0.4, 0.5) is 9.93 Å². The van der Waals surface area contributed by atoms with Gasteiger partial charge >= 0.3 is 6.03 Å². The van der Waals surface area contributed by atoms with Gasteiger partial charge in [0.05, 0.1) is 16.4 Å². The highest BCUT2D eigenvalue weighted by atomic mass is 32.1. The Kier molecular flexibility index (Phi) is 4.20. The number of hydrogen-bond donors (Lipinski definition) is 3. The van der Waals surface area contributed by atoms with E-state index in [1.807, 2.05) is 36.4 Å². The first-order chi connectivity index (χ1) is 12.7. The van der Waals surface area contributed by atoms with E-state index in [1.165, 1.54) is 17.6 Å². The number of carbonyl (C=O) groups is 1. The highest BCUT2D eigenvalue weighted by Crippen LogP contribution is 2.31. The molecule has 0 radical (unpaired) electrons. The Morgan fingerprint density at radius 3 is 2.77 bits per heavy atom. The standard InChI is InChI=1S/C19H14N4O2S/c24-15-8-4-2-6-13(15)11-20-23-18(25)22-19-21-17-14-7-3-1-5-12(14)9-10-16(17)26-19/h1-11,24H,(H2,21,22,23,25)/b20-11+. The highest BCUT2D eigenvalue weighted by Gasteiger charge is 2.09. The fraction of sp³-hybridized carbons (Fsp3) is 0. The molecule has 2 amide bonds. The van der Waals surface area contributed by atoms with E-state index in [1.54, 1.807) is 24.3 Å². The Hall–Kier alpha value is -3.45. The van der Waals surface area contributed by atoms with Crippen LogP contribution in [0.2, 0.25) is 0 Å². The van der Waals surface area contributed by atoms with Crippen LogP contribution in [0.15, 0.2) is 65.8 Å². The minimum absolute atomic E-state index is 0.0940. The van der Waals surface area contributed by atoms with Crippen LogP contribution in [-0.2, 0) is 0 Å². The first-order valence-electron chi connectivity index (χ1n) is 7.87. The second kappa shape index (κ2) is 6.81. The van der Waals surface area contributed by atoms with Crippen molar-refractivity contribution in [2.75, 3.05) is 5.32 Å². The average Bonchev–Trinajstić information content (AvgIpc) is 3.06. The average molecular weight is 362 g/mol. The summed E-state index contributed by atoms with van der Waals surface area (Å²) in [5.41, 5.74) is 3.74. The van der Waals surface area contributed by atoms with Crippen molar-refractivity contribution >= 4 is 49.7 Å². The van der Waals surface area contributed by atoms with Crippen LogP contribution in [0.5, 0.6) is 5.75 Å². The summed E-state index contributed by atoms with van der Waals surface area (Å²) in [4.78, 5) is 16.5. The topological polar surface area (TPSA) is 86.6 Å². The van der Waals surface area contributed by atoms with E-state index >= 15 is 0 Å². The third-order valence-corrected chi connectivity index (χ3v) is 4.75. The van der Waals surface area contributed by atoms with Gasteiger partial charge in [0.2, 0.25) is 0 Å². The molecule has 128 valence electrons. The monoisotopic (exact) mass is 362 g/mol. The molecule has 0 spiro atoms. The van der Waals surface area contributed by atoms with Crippen LogP contribution in [0, 0.1) is 0 Å². The van der Waals surface area contributed by atoms with Gasteiger partial charge in [-0.15, -0.1) is 0 Å². The number of aromatic nitrogens is 1.